The van der Waals surface area contributed by atoms with E-state index in [9.17, 15) is 37.5 Å². The molecule has 4 N–H and O–H groups in total. The Morgan fingerprint density at radius 3 is 2.35 bits per heavy atom. The average Bonchev–Trinajstić information content (AvgIpc) is 3.91. The molecule has 7 atom stereocenters. The molecule has 2 aliphatic heterocycles. The van der Waals surface area contributed by atoms with Gasteiger partial charge in [0.1, 0.15) is 16.7 Å². The van der Waals surface area contributed by atoms with E-state index in [2.05, 4.69) is 29.2 Å². The molecule has 14 nitrogen and oxygen atoms in total. The van der Waals surface area contributed by atoms with Crippen LogP contribution in [0, 0.1) is 17.8 Å². The Morgan fingerprint density at radius 1 is 1.09 bits per heavy atom. The molecule has 16 heteroatoms. The van der Waals surface area contributed by atoms with Gasteiger partial charge in [0.15, 0.2) is 5.78 Å². The highest BCUT2D eigenvalue weighted by molar-refractivity contribution is 7.91. The monoisotopic (exact) mass is 793 g/mol. The second-order valence-electron chi connectivity index (χ2n) is 17.6. The Kier molecular flexibility index (Phi) is 11.5. The number of ketones is 1. The van der Waals surface area contributed by atoms with Gasteiger partial charge in [0, 0.05) is 12.5 Å². The van der Waals surface area contributed by atoms with Crippen LogP contribution in [0.1, 0.15) is 107 Å². The number of halogens is 1. The Labute approximate surface area is 323 Å². The maximum absolute atomic E-state index is 14.4. The van der Waals surface area contributed by atoms with Crippen LogP contribution in [0.4, 0.5) is 9.59 Å². The molecule has 3 fully saturated rings. The van der Waals surface area contributed by atoms with Crippen LogP contribution in [-0.2, 0) is 29.1 Å². The molecule has 3 aliphatic carbocycles. The van der Waals surface area contributed by atoms with Gasteiger partial charge in [-0.1, -0.05) is 37.6 Å². The third-order valence-electron chi connectivity index (χ3n) is 11.6. The van der Waals surface area contributed by atoms with Crippen molar-refractivity contribution in [3.8, 4) is 0 Å². The lowest BCUT2D eigenvalue weighted by atomic mass is 9.82. The highest BCUT2D eigenvalue weighted by Crippen LogP contribution is 2.48. The first kappa shape index (κ1) is 41.7. The predicted octanol–water partition coefficient (Wildman–Crippen LogP) is 4.95. The minimum atomic E-state index is -3.99. The number of sulfonamides is 1. The number of Topliss-reactive ketones (excluding diaryl/α,β-unsaturated/α-hetero) is 1. The maximum atomic E-state index is 14.4. The van der Waals surface area contributed by atoms with Crippen molar-refractivity contribution in [1.29, 1.82) is 0 Å². The molecule has 0 spiro atoms. The number of ether oxygens (including phenoxy) is 1. The number of nitrogens with one attached hydrogen (secondary N) is 3. The molecule has 0 unspecified atom stereocenters. The van der Waals surface area contributed by atoms with E-state index in [1.54, 1.807) is 27.7 Å². The zero-order chi connectivity index (χ0) is 40.2. The second-order valence-corrected chi connectivity index (χ2v) is 20.2. The van der Waals surface area contributed by atoms with E-state index in [0.717, 1.165) is 24.2 Å². The fraction of sp³-hybridized carbons (Fsp3) is 0.711. The molecular weight excluding hydrogens is 738 g/mol. The number of alkyl carbamates (subject to hydrolysis) is 1. The van der Waals surface area contributed by atoms with Crippen molar-refractivity contribution in [3.63, 3.8) is 0 Å². The molecule has 1 saturated heterocycles. The van der Waals surface area contributed by atoms with E-state index in [-0.39, 0.29) is 41.6 Å². The molecule has 300 valence electrons. The van der Waals surface area contributed by atoms with E-state index < -0.39 is 79.2 Å². The molecule has 4 amide bonds. The third-order valence-corrected chi connectivity index (χ3v) is 14.1. The summed E-state index contributed by atoms with van der Waals surface area (Å²) in [6.07, 6.45) is 7.23. The van der Waals surface area contributed by atoms with Crippen molar-refractivity contribution >= 4 is 51.4 Å². The molecule has 5 aliphatic rings. The summed E-state index contributed by atoms with van der Waals surface area (Å²) in [4.78, 5) is 71.3. The number of nitrogens with zero attached hydrogens (tertiary/aromatic N) is 2. The van der Waals surface area contributed by atoms with Crippen molar-refractivity contribution in [2.45, 2.75) is 140 Å². The molecule has 0 radical (unpaired) electrons. The molecule has 0 aromatic heterocycles. The van der Waals surface area contributed by atoms with Crippen molar-refractivity contribution < 1.29 is 42.2 Å². The summed E-state index contributed by atoms with van der Waals surface area (Å²) >= 11 is 6.78. The Morgan fingerprint density at radius 2 is 1.74 bits per heavy atom. The standard InChI is InChI=1S/C38H56ClN5O9S/c1-22-11-9-10-12-25-20-38(25,32(47)42-54(51,52)36(7)14-15-36)40-31(46)28-19-26(21-43(28)16-13-23(2)17-22)44(34(49)50)29-27(39)18-24(3)30(45)37(29,8)41-33(48)53-35(4,5)6/h10,12,18,22-23,25-26,28H,9,11,13-17,19-21H2,1-8H3,(H,40,46)(H,41,48)(H,42,47)(H,49,50)/b12-10-/t22-,23+,25-,26-,28+,37+,38-/m1/s1. The van der Waals surface area contributed by atoms with Gasteiger partial charge in [-0.05, 0) is 123 Å². The Hall–Kier alpha value is -3.43. The highest BCUT2D eigenvalue weighted by atomic mass is 35.5. The van der Waals surface area contributed by atoms with Crippen molar-refractivity contribution in [1.82, 2.24) is 25.2 Å². The summed E-state index contributed by atoms with van der Waals surface area (Å²) < 4.78 is 33.0. The van der Waals surface area contributed by atoms with E-state index in [1.165, 1.54) is 19.9 Å². The van der Waals surface area contributed by atoms with E-state index in [0.29, 0.717) is 31.7 Å². The normalized spacial score (nSPS) is 33.8. The van der Waals surface area contributed by atoms with Gasteiger partial charge in [0.05, 0.1) is 27.6 Å². The van der Waals surface area contributed by atoms with Crippen molar-refractivity contribution in [3.05, 3.63) is 34.5 Å². The molecular formula is C38H56ClN5O9S. The predicted molar refractivity (Wildman–Crippen MR) is 203 cm³/mol. The number of fused-ring (bicyclic) bond motifs is 2. The zero-order valence-electron chi connectivity index (χ0n) is 32.6. The summed E-state index contributed by atoms with van der Waals surface area (Å²) in [6.45, 7) is 14.3. The highest BCUT2D eigenvalue weighted by Gasteiger charge is 2.63. The van der Waals surface area contributed by atoms with Crippen LogP contribution in [0.5, 0.6) is 0 Å². The van der Waals surface area contributed by atoms with Gasteiger partial charge in [-0.2, -0.15) is 0 Å². The van der Waals surface area contributed by atoms with E-state index in [1.807, 2.05) is 17.1 Å². The van der Waals surface area contributed by atoms with Crippen LogP contribution in [0.15, 0.2) is 34.5 Å². The fourth-order valence-corrected chi connectivity index (χ4v) is 9.84. The molecule has 0 bridgehead atoms. The minimum Gasteiger partial charge on any atom is -0.465 e. The summed E-state index contributed by atoms with van der Waals surface area (Å²) in [7, 11) is -3.99. The van der Waals surface area contributed by atoms with Gasteiger partial charge < -0.3 is 20.5 Å². The molecule has 0 aromatic rings. The molecule has 2 saturated carbocycles. The second kappa shape index (κ2) is 14.9. The summed E-state index contributed by atoms with van der Waals surface area (Å²) in [5.74, 6) is -1.65. The van der Waals surface area contributed by atoms with E-state index >= 15 is 0 Å². The Balaban J connectivity index is 1.50. The van der Waals surface area contributed by atoms with Crippen LogP contribution in [0.3, 0.4) is 0 Å². The third kappa shape index (κ3) is 8.52. The molecule has 54 heavy (non-hydrogen) atoms. The number of hydrogen-bond donors (Lipinski definition) is 4. The largest absolute Gasteiger partial charge is 0.465 e. The smallest absolute Gasteiger partial charge is 0.412 e. The number of carbonyl (C=O) groups is 5. The quantitative estimate of drug-likeness (QED) is 0.268. The summed E-state index contributed by atoms with van der Waals surface area (Å²) in [6, 6.07) is -1.83. The molecule has 5 rings (SSSR count). The van der Waals surface area contributed by atoms with Crippen LogP contribution >= 0.6 is 11.6 Å². The SMILES string of the molecule is CC1=CC(Cl)=C(N(C(=O)O)[C@@H]2C[C@H]3C(=O)N[C@]4(C(=O)NS(=O)(=O)C5(C)CC5)C[C@H]4/C=C\CC[C@@H](C)C[C@@H](C)CCN3C2)[C@](C)(NC(=O)OC(C)(C)C)C1=O. The van der Waals surface area contributed by atoms with Gasteiger partial charge in [0.2, 0.25) is 15.9 Å². The summed E-state index contributed by atoms with van der Waals surface area (Å²) in [5, 5.41) is 16.3. The number of allylic oxidation sites excluding steroid dienone is 3. The lowest BCUT2D eigenvalue weighted by Gasteiger charge is -2.41. The first-order chi connectivity index (χ1) is 24.9. The number of carboxylic acid groups (broad SMARTS) is 1. The molecule has 2 heterocycles. The average molecular weight is 794 g/mol. The number of hydrogen-bond acceptors (Lipinski definition) is 9. The Bertz CT molecular complexity index is 1780. The molecule has 0 aromatic carbocycles. The van der Waals surface area contributed by atoms with Crippen LogP contribution in [0.25, 0.3) is 0 Å². The van der Waals surface area contributed by atoms with Crippen molar-refractivity contribution in [2.24, 2.45) is 17.8 Å². The van der Waals surface area contributed by atoms with Gasteiger partial charge in [-0.3, -0.25) is 28.9 Å². The zero-order valence-corrected chi connectivity index (χ0v) is 34.2. The van der Waals surface area contributed by atoms with Crippen molar-refractivity contribution in [2.75, 3.05) is 13.1 Å². The number of rotatable bonds is 6. The minimum absolute atomic E-state index is 0.0371. The first-order valence-corrected chi connectivity index (χ1v) is 20.8. The van der Waals surface area contributed by atoms with Gasteiger partial charge in [-0.15, -0.1) is 0 Å². The van der Waals surface area contributed by atoms with Gasteiger partial charge in [-0.25, -0.2) is 18.0 Å². The van der Waals surface area contributed by atoms with Crippen LogP contribution in [-0.4, -0.2) is 99.7 Å². The maximum Gasteiger partial charge on any atom is 0.412 e. The lowest BCUT2D eigenvalue weighted by molar-refractivity contribution is -0.132. The lowest BCUT2D eigenvalue weighted by Crippen LogP contribution is -2.61. The number of amides is 4. The topological polar surface area (TPSA) is 192 Å². The van der Waals surface area contributed by atoms with Gasteiger partial charge in [0.25, 0.3) is 5.91 Å². The van der Waals surface area contributed by atoms with Crippen LogP contribution in [0.2, 0.25) is 0 Å². The number of carbonyl (C=O) groups excluding carboxylic acids is 4. The fourth-order valence-electron chi connectivity index (χ4n) is 8.08. The van der Waals surface area contributed by atoms with E-state index in [4.69, 9.17) is 16.3 Å². The summed E-state index contributed by atoms with van der Waals surface area (Å²) in [5.41, 5.74) is -4.34. The van der Waals surface area contributed by atoms with Crippen LogP contribution < -0.4 is 15.4 Å². The first-order valence-electron chi connectivity index (χ1n) is 18.9. The van der Waals surface area contributed by atoms with Gasteiger partial charge >= 0.3 is 12.2 Å².